The summed E-state index contributed by atoms with van der Waals surface area (Å²) in [6.07, 6.45) is 0. The third-order valence-corrected chi connectivity index (χ3v) is 0. The molecule has 0 nitrogen and oxygen atoms in total. The Hall–Kier alpha value is 2.17. The maximum absolute atomic E-state index is 0. The second-order valence-corrected chi connectivity index (χ2v) is 0. The maximum atomic E-state index is 0. The van der Waals surface area contributed by atoms with E-state index >= 15 is 0 Å². The molecule has 5 heavy (non-hydrogen) atoms. The smallest absolute Gasteiger partial charge is 1.00 e. The monoisotopic (exact) mass is 156 g/mol. The van der Waals surface area contributed by atoms with E-state index in [9.17, 15) is 0 Å². The van der Waals surface area contributed by atoms with Gasteiger partial charge in [-0.1, -0.05) is 0 Å². The predicted octanol–water partition coefficient (Wildman–Crippen LogP) is -9.75. The quantitative estimate of drug-likeness (QED) is 0.307. The largest absolute Gasteiger partial charge is 3.00 e. The summed E-state index contributed by atoms with van der Waals surface area (Å²) in [7, 11) is 0. The molecule has 0 saturated carbocycles. The first-order valence-electron chi connectivity index (χ1n) is 0. The van der Waals surface area contributed by atoms with Crippen LogP contribution in [0.1, 0.15) is 0 Å². The van der Waals surface area contributed by atoms with Crippen LogP contribution in [0.2, 0.25) is 0 Å². The molecule has 0 aliphatic rings. The summed E-state index contributed by atoms with van der Waals surface area (Å²) in [6, 6.07) is 0. The summed E-state index contributed by atoms with van der Waals surface area (Å²) in [4.78, 5) is 0. The summed E-state index contributed by atoms with van der Waals surface area (Å²) in [5.41, 5.74) is 0. The molecule has 5 heteroatoms. The molecule has 0 aromatic carbocycles. The van der Waals surface area contributed by atoms with Crippen molar-refractivity contribution in [2.75, 3.05) is 0 Å². The van der Waals surface area contributed by atoms with E-state index in [-0.39, 0.29) is 77.6 Å². The molecule has 2 radical (unpaired) electrons. The Labute approximate surface area is 77.0 Å². The molecule has 0 spiro atoms. The first-order valence-corrected chi connectivity index (χ1v) is 0. The molecular formula is AlCl3Mg. The van der Waals surface area contributed by atoms with E-state index in [1.165, 1.54) is 0 Å². The van der Waals surface area contributed by atoms with E-state index in [4.69, 9.17) is 0 Å². The zero-order chi connectivity index (χ0) is 0. The minimum Gasteiger partial charge on any atom is -1.00 e. The Morgan fingerprint density at radius 3 is 0.600 bits per heavy atom. The van der Waals surface area contributed by atoms with E-state index in [2.05, 4.69) is 0 Å². The van der Waals surface area contributed by atoms with Gasteiger partial charge in [0.15, 0.2) is 0 Å². The number of halogens is 3. The molecule has 26 valence electrons. The van der Waals surface area contributed by atoms with Crippen LogP contribution in [0.25, 0.3) is 0 Å². The summed E-state index contributed by atoms with van der Waals surface area (Å²) in [5, 5.41) is 0. The fourth-order valence-corrected chi connectivity index (χ4v) is 0. The molecule has 0 heterocycles. The summed E-state index contributed by atoms with van der Waals surface area (Å²) < 4.78 is 0. The van der Waals surface area contributed by atoms with Crippen LogP contribution < -0.4 is 37.2 Å². The van der Waals surface area contributed by atoms with Crippen molar-refractivity contribution in [2.45, 2.75) is 0 Å². The van der Waals surface area contributed by atoms with Crippen molar-refractivity contribution < 1.29 is 37.2 Å². The van der Waals surface area contributed by atoms with Gasteiger partial charge in [0, 0.05) is 23.1 Å². The van der Waals surface area contributed by atoms with Gasteiger partial charge in [-0.2, -0.15) is 0 Å². The second-order valence-electron chi connectivity index (χ2n) is 0. The van der Waals surface area contributed by atoms with Crippen LogP contribution >= 0.6 is 0 Å². The molecule has 0 N–H and O–H groups in total. The number of rotatable bonds is 0. The SMILES string of the molecule is [Al+3].[Cl-].[Cl-].[Cl-].[Mg]. The molecule has 0 rings (SSSR count). The van der Waals surface area contributed by atoms with Gasteiger partial charge < -0.3 is 37.2 Å². The van der Waals surface area contributed by atoms with Crippen molar-refractivity contribution in [1.82, 2.24) is 0 Å². The zero-order valence-corrected chi connectivity index (χ0v) is 7.26. The van der Waals surface area contributed by atoms with E-state index in [0.29, 0.717) is 0 Å². The fraction of sp³-hybridized carbons (Fsp3) is 0. The molecule has 0 aromatic rings. The Bertz CT molecular complexity index is 6.85. The summed E-state index contributed by atoms with van der Waals surface area (Å²) >= 11 is 0. The van der Waals surface area contributed by atoms with E-state index in [1.54, 1.807) is 0 Å². The topological polar surface area (TPSA) is 0 Å². The molecule has 0 saturated heterocycles. The van der Waals surface area contributed by atoms with E-state index < -0.39 is 0 Å². The zero-order valence-electron chi connectivity index (χ0n) is 2.42. The Kier molecular flexibility index (Phi) is 406. The molecule has 0 amide bonds. The Morgan fingerprint density at radius 2 is 0.600 bits per heavy atom. The van der Waals surface area contributed by atoms with Crippen LogP contribution in [-0.4, -0.2) is 40.4 Å². The Morgan fingerprint density at radius 1 is 0.600 bits per heavy atom. The number of hydrogen-bond acceptors (Lipinski definition) is 0. The minimum atomic E-state index is 0. The first-order chi connectivity index (χ1) is 0. The first kappa shape index (κ1) is 58.0. The van der Waals surface area contributed by atoms with Crippen molar-refractivity contribution in [3.63, 3.8) is 0 Å². The number of hydrogen-bond donors (Lipinski definition) is 0. The van der Waals surface area contributed by atoms with E-state index in [0.717, 1.165) is 0 Å². The third kappa shape index (κ3) is 22.8. The van der Waals surface area contributed by atoms with Crippen molar-refractivity contribution in [3.05, 3.63) is 0 Å². The minimum absolute atomic E-state index is 0. The molecular weight excluding hydrogens is 158 g/mol. The normalized spacial score (nSPS) is 0. The van der Waals surface area contributed by atoms with Crippen LogP contribution in [0, 0.1) is 0 Å². The molecule has 0 unspecified atom stereocenters. The van der Waals surface area contributed by atoms with Crippen molar-refractivity contribution in [1.29, 1.82) is 0 Å². The van der Waals surface area contributed by atoms with Gasteiger partial charge in [0.25, 0.3) is 0 Å². The second kappa shape index (κ2) is 35.0. The summed E-state index contributed by atoms with van der Waals surface area (Å²) in [6.45, 7) is 0. The molecule has 0 atom stereocenters. The Balaban J connectivity index is 0. The molecule has 0 aromatic heterocycles. The third-order valence-electron chi connectivity index (χ3n) is 0. The van der Waals surface area contributed by atoms with Crippen LogP contribution in [0.3, 0.4) is 0 Å². The fourth-order valence-electron chi connectivity index (χ4n) is 0. The van der Waals surface area contributed by atoms with Gasteiger partial charge in [-0.15, -0.1) is 0 Å². The molecule has 0 fully saturated rings. The van der Waals surface area contributed by atoms with Gasteiger partial charge in [0.2, 0.25) is 0 Å². The predicted molar refractivity (Wildman–Crippen MR) is 11.5 cm³/mol. The van der Waals surface area contributed by atoms with Gasteiger partial charge in [-0.25, -0.2) is 0 Å². The van der Waals surface area contributed by atoms with Crippen molar-refractivity contribution >= 4 is 40.4 Å². The molecule has 0 aliphatic carbocycles. The van der Waals surface area contributed by atoms with Gasteiger partial charge in [0.05, 0.1) is 0 Å². The maximum Gasteiger partial charge on any atom is 3.00 e. The molecule has 0 bridgehead atoms. The van der Waals surface area contributed by atoms with Crippen LogP contribution in [0.15, 0.2) is 0 Å². The van der Waals surface area contributed by atoms with Crippen LogP contribution in [-0.2, 0) is 0 Å². The van der Waals surface area contributed by atoms with Crippen LogP contribution in [0.5, 0.6) is 0 Å². The average Bonchev–Trinajstić information content (AvgIpc) is 0. The molecule has 0 aliphatic heterocycles. The van der Waals surface area contributed by atoms with E-state index in [1.807, 2.05) is 0 Å². The van der Waals surface area contributed by atoms with Crippen LogP contribution in [0.4, 0.5) is 0 Å². The summed E-state index contributed by atoms with van der Waals surface area (Å²) in [5.74, 6) is 0. The van der Waals surface area contributed by atoms with Gasteiger partial charge in [-0.05, 0) is 0 Å². The average molecular weight is 158 g/mol. The standard InChI is InChI=1S/Al.3ClH.Mg/h;3*1H;/q+3;;;;/p-3. The van der Waals surface area contributed by atoms with Gasteiger partial charge >= 0.3 is 17.4 Å². The van der Waals surface area contributed by atoms with Crippen molar-refractivity contribution in [3.8, 4) is 0 Å². The van der Waals surface area contributed by atoms with Gasteiger partial charge in [-0.3, -0.25) is 0 Å². The van der Waals surface area contributed by atoms with Gasteiger partial charge in [0.1, 0.15) is 0 Å². The van der Waals surface area contributed by atoms with Crippen molar-refractivity contribution in [2.24, 2.45) is 0 Å².